The maximum atomic E-state index is 14.1. The second-order valence-corrected chi connectivity index (χ2v) is 12.4. The van der Waals surface area contributed by atoms with Gasteiger partial charge in [-0.25, -0.2) is 13.1 Å². The minimum absolute atomic E-state index is 0.0890. The van der Waals surface area contributed by atoms with E-state index in [9.17, 15) is 22.8 Å². The first kappa shape index (κ1) is 31.1. The maximum absolute atomic E-state index is 14.1. The number of amides is 3. The third-order valence-electron chi connectivity index (χ3n) is 7.25. The second kappa shape index (κ2) is 13.5. The molecule has 10 heteroatoms. The highest BCUT2D eigenvalue weighted by Crippen LogP contribution is 2.24. The van der Waals surface area contributed by atoms with Gasteiger partial charge in [-0.2, -0.15) is 0 Å². The summed E-state index contributed by atoms with van der Waals surface area (Å²) < 4.78 is 28.9. The van der Waals surface area contributed by atoms with E-state index in [1.807, 2.05) is 18.2 Å². The highest BCUT2D eigenvalue weighted by atomic mass is 32.2. The number of carbonyl (C=O) groups is 3. The van der Waals surface area contributed by atoms with E-state index in [-0.39, 0.29) is 23.3 Å². The second-order valence-electron chi connectivity index (χ2n) is 10.8. The largest absolute Gasteiger partial charge is 0.322 e. The molecule has 1 heterocycles. The van der Waals surface area contributed by atoms with Crippen LogP contribution in [0, 0.1) is 5.92 Å². The van der Waals surface area contributed by atoms with E-state index in [0.717, 1.165) is 5.39 Å². The van der Waals surface area contributed by atoms with E-state index < -0.39 is 27.8 Å². The molecule has 3 amide bonds. The fourth-order valence-electron chi connectivity index (χ4n) is 4.99. The lowest BCUT2D eigenvalue weighted by atomic mass is 9.96. The summed E-state index contributed by atoms with van der Waals surface area (Å²) in [5.74, 6) is -3.21. The zero-order valence-electron chi connectivity index (χ0n) is 24.8. The number of aromatic nitrogens is 1. The molecule has 5 aromatic rings. The van der Waals surface area contributed by atoms with Crippen LogP contribution in [0.5, 0.6) is 0 Å². The van der Waals surface area contributed by atoms with Gasteiger partial charge in [0.25, 0.3) is 15.9 Å². The molecule has 1 atom stereocenters. The standard InChI is InChI=1S/C35H32N4O5S/c1-24(2)39(30-13-8-20-36-23-30)35(42)32(21-25-14-17-29(18-15-25)37-33(40)27-10-4-3-5-11-27)34(41)38-45(43,44)31-19-16-26-9-6-7-12-28(26)22-31/h3-20,22-24,32H,21H2,1-2H3,(H,37,40)(H,38,41). The maximum Gasteiger partial charge on any atom is 0.264 e. The number of anilines is 2. The van der Waals surface area contributed by atoms with Crippen molar-refractivity contribution in [3.05, 3.63) is 133 Å². The van der Waals surface area contributed by atoms with Crippen LogP contribution in [0.3, 0.4) is 0 Å². The molecule has 0 saturated carbocycles. The Hall–Kier alpha value is -5.35. The molecule has 1 aromatic heterocycles. The Kier molecular flexibility index (Phi) is 9.34. The van der Waals surface area contributed by atoms with Gasteiger partial charge in [-0.3, -0.25) is 19.4 Å². The van der Waals surface area contributed by atoms with Crippen LogP contribution in [0.2, 0.25) is 0 Å². The lowest BCUT2D eigenvalue weighted by Crippen LogP contribution is -2.48. The SMILES string of the molecule is CC(C)N(C(=O)C(Cc1ccc(NC(=O)c2ccccc2)cc1)C(=O)NS(=O)(=O)c1ccc2ccccc2c1)c1cccnc1. The Morgan fingerprint density at radius 2 is 1.49 bits per heavy atom. The summed E-state index contributed by atoms with van der Waals surface area (Å²) >= 11 is 0. The molecule has 228 valence electrons. The summed E-state index contributed by atoms with van der Waals surface area (Å²) in [5, 5.41) is 4.37. The Bertz CT molecular complexity index is 1930. The van der Waals surface area contributed by atoms with Crippen molar-refractivity contribution in [1.29, 1.82) is 0 Å². The highest BCUT2D eigenvalue weighted by molar-refractivity contribution is 7.90. The number of benzene rings is 4. The summed E-state index contributed by atoms with van der Waals surface area (Å²) in [7, 11) is -4.31. The number of nitrogens with zero attached hydrogens (tertiary/aromatic N) is 2. The van der Waals surface area contributed by atoms with Crippen LogP contribution in [0.25, 0.3) is 10.8 Å². The van der Waals surface area contributed by atoms with Crippen LogP contribution in [-0.4, -0.2) is 37.2 Å². The third kappa shape index (κ3) is 7.42. The highest BCUT2D eigenvalue weighted by Gasteiger charge is 2.35. The van der Waals surface area contributed by atoms with Gasteiger partial charge in [0.05, 0.1) is 16.8 Å². The number of hydrogen-bond donors (Lipinski definition) is 2. The first-order valence-electron chi connectivity index (χ1n) is 14.4. The van der Waals surface area contributed by atoms with Crippen LogP contribution in [-0.2, 0) is 26.0 Å². The Morgan fingerprint density at radius 1 is 0.800 bits per heavy atom. The molecule has 45 heavy (non-hydrogen) atoms. The molecule has 9 nitrogen and oxygen atoms in total. The van der Waals surface area contributed by atoms with Crippen molar-refractivity contribution < 1.29 is 22.8 Å². The number of nitrogens with one attached hydrogen (secondary N) is 2. The first-order chi connectivity index (χ1) is 21.6. The molecule has 2 N–H and O–H groups in total. The van der Waals surface area contributed by atoms with E-state index >= 15 is 0 Å². The van der Waals surface area contributed by atoms with Gasteiger partial charge < -0.3 is 10.2 Å². The molecule has 0 aliphatic heterocycles. The monoisotopic (exact) mass is 620 g/mol. The summed E-state index contributed by atoms with van der Waals surface area (Å²) in [6.07, 6.45) is 3.00. The first-order valence-corrected chi connectivity index (χ1v) is 15.8. The van der Waals surface area contributed by atoms with Crippen molar-refractivity contribution >= 4 is 49.9 Å². The van der Waals surface area contributed by atoms with Gasteiger partial charge in [-0.1, -0.05) is 60.7 Å². The van der Waals surface area contributed by atoms with Gasteiger partial charge >= 0.3 is 0 Å². The minimum atomic E-state index is -4.31. The van der Waals surface area contributed by atoms with Crippen molar-refractivity contribution in [3.63, 3.8) is 0 Å². The number of rotatable bonds is 10. The van der Waals surface area contributed by atoms with E-state index in [1.165, 1.54) is 23.2 Å². The van der Waals surface area contributed by atoms with Crippen molar-refractivity contribution in [2.45, 2.75) is 31.2 Å². The van der Waals surface area contributed by atoms with Crippen molar-refractivity contribution in [3.8, 4) is 0 Å². The van der Waals surface area contributed by atoms with Crippen LogP contribution in [0.4, 0.5) is 11.4 Å². The number of carbonyl (C=O) groups excluding carboxylic acids is 3. The molecule has 0 bridgehead atoms. The van der Waals surface area contributed by atoms with Crippen LogP contribution in [0.1, 0.15) is 29.8 Å². The van der Waals surface area contributed by atoms with Gasteiger partial charge in [0.2, 0.25) is 11.8 Å². The van der Waals surface area contributed by atoms with Crippen LogP contribution >= 0.6 is 0 Å². The lowest BCUT2D eigenvalue weighted by molar-refractivity contribution is -0.132. The fourth-order valence-corrected chi connectivity index (χ4v) is 6.04. The topological polar surface area (TPSA) is 126 Å². The summed E-state index contributed by atoms with van der Waals surface area (Å²) in [4.78, 5) is 45.9. The molecular formula is C35H32N4O5S. The van der Waals surface area contributed by atoms with Crippen LogP contribution < -0.4 is 14.9 Å². The molecular weight excluding hydrogens is 588 g/mol. The predicted octanol–water partition coefficient (Wildman–Crippen LogP) is 5.59. The molecule has 0 fully saturated rings. The Morgan fingerprint density at radius 3 is 2.16 bits per heavy atom. The summed E-state index contributed by atoms with van der Waals surface area (Å²) in [6, 6.07) is 30.4. The number of hydrogen-bond acceptors (Lipinski definition) is 6. The van der Waals surface area contributed by atoms with Crippen molar-refractivity contribution in [2.24, 2.45) is 5.92 Å². The third-order valence-corrected chi connectivity index (χ3v) is 8.59. The number of sulfonamides is 1. The van der Waals surface area contributed by atoms with E-state index in [4.69, 9.17) is 0 Å². The molecule has 0 radical (unpaired) electrons. The fraction of sp³-hybridized carbons (Fsp3) is 0.143. The quantitative estimate of drug-likeness (QED) is 0.196. The summed E-state index contributed by atoms with van der Waals surface area (Å²) in [5.41, 5.74) is 2.10. The van der Waals surface area contributed by atoms with Gasteiger partial charge in [0.15, 0.2) is 0 Å². The molecule has 0 aliphatic carbocycles. The Labute approximate surface area is 262 Å². The van der Waals surface area contributed by atoms with E-state index in [0.29, 0.717) is 27.9 Å². The minimum Gasteiger partial charge on any atom is -0.322 e. The van der Waals surface area contributed by atoms with Gasteiger partial charge in [-0.05, 0) is 85.1 Å². The molecule has 0 saturated heterocycles. The van der Waals surface area contributed by atoms with E-state index in [1.54, 1.807) is 98.9 Å². The smallest absolute Gasteiger partial charge is 0.264 e. The zero-order valence-corrected chi connectivity index (χ0v) is 25.6. The molecule has 5 rings (SSSR count). The molecule has 1 unspecified atom stereocenters. The van der Waals surface area contributed by atoms with E-state index in [2.05, 4.69) is 15.0 Å². The molecule has 0 spiro atoms. The Balaban J connectivity index is 1.42. The number of fused-ring (bicyclic) bond motifs is 1. The lowest BCUT2D eigenvalue weighted by Gasteiger charge is -2.30. The number of pyridine rings is 1. The van der Waals surface area contributed by atoms with Gasteiger partial charge in [-0.15, -0.1) is 0 Å². The van der Waals surface area contributed by atoms with Crippen molar-refractivity contribution in [1.82, 2.24) is 9.71 Å². The predicted molar refractivity (Wildman–Crippen MR) is 174 cm³/mol. The normalized spacial score (nSPS) is 12.0. The molecule has 0 aliphatic rings. The molecule has 4 aromatic carbocycles. The van der Waals surface area contributed by atoms with Crippen LogP contribution in [0.15, 0.2) is 126 Å². The van der Waals surface area contributed by atoms with Crippen molar-refractivity contribution in [2.75, 3.05) is 10.2 Å². The average molecular weight is 621 g/mol. The average Bonchev–Trinajstić information content (AvgIpc) is 3.04. The zero-order chi connectivity index (χ0) is 32.0. The summed E-state index contributed by atoms with van der Waals surface area (Å²) in [6.45, 7) is 3.60. The van der Waals surface area contributed by atoms with Gasteiger partial charge in [0, 0.05) is 23.5 Å². The van der Waals surface area contributed by atoms with Gasteiger partial charge in [0.1, 0.15) is 5.92 Å².